The maximum absolute atomic E-state index is 14.3. The SMILES string of the molecule is C=C(C)C(=O)Oc1ccc(C=Cc2ccc(-c3ccc(OC(=O)C(=C)C)c(F)c3)o2)cc1. The Morgan fingerprint density at radius 3 is 2.16 bits per heavy atom. The van der Waals surface area contributed by atoms with Gasteiger partial charge in [0.25, 0.3) is 0 Å². The van der Waals surface area contributed by atoms with Gasteiger partial charge in [0.05, 0.1) is 0 Å². The molecule has 0 atom stereocenters. The first-order valence-corrected chi connectivity index (χ1v) is 9.66. The van der Waals surface area contributed by atoms with Gasteiger partial charge in [0, 0.05) is 16.7 Å². The van der Waals surface area contributed by atoms with E-state index in [-0.39, 0.29) is 11.3 Å². The van der Waals surface area contributed by atoms with Gasteiger partial charge < -0.3 is 13.9 Å². The van der Waals surface area contributed by atoms with E-state index in [0.717, 1.165) is 5.56 Å². The van der Waals surface area contributed by atoms with Crippen LogP contribution in [-0.4, -0.2) is 11.9 Å². The quantitative estimate of drug-likeness (QED) is 0.252. The summed E-state index contributed by atoms with van der Waals surface area (Å²) in [7, 11) is 0. The summed E-state index contributed by atoms with van der Waals surface area (Å²) in [6.07, 6.45) is 3.59. The first kappa shape index (κ1) is 22.5. The third kappa shape index (κ3) is 5.70. The van der Waals surface area contributed by atoms with Crippen molar-refractivity contribution in [3.05, 3.63) is 96.0 Å². The average molecular weight is 432 g/mol. The lowest BCUT2D eigenvalue weighted by molar-refractivity contribution is -0.131. The van der Waals surface area contributed by atoms with Gasteiger partial charge in [0.2, 0.25) is 0 Å². The molecule has 0 amide bonds. The maximum atomic E-state index is 14.3. The highest BCUT2D eigenvalue weighted by atomic mass is 19.1. The molecule has 0 aliphatic rings. The second-order valence-electron chi connectivity index (χ2n) is 7.09. The van der Waals surface area contributed by atoms with E-state index >= 15 is 0 Å². The van der Waals surface area contributed by atoms with Crippen molar-refractivity contribution in [2.45, 2.75) is 13.8 Å². The largest absolute Gasteiger partial charge is 0.457 e. The summed E-state index contributed by atoms with van der Waals surface area (Å²) >= 11 is 0. The van der Waals surface area contributed by atoms with Crippen LogP contribution in [-0.2, 0) is 9.59 Å². The number of hydrogen-bond acceptors (Lipinski definition) is 5. The molecule has 6 heteroatoms. The molecule has 3 aromatic rings. The Balaban J connectivity index is 1.68. The molecule has 0 bridgehead atoms. The summed E-state index contributed by atoms with van der Waals surface area (Å²) in [6.45, 7) is 10.1. The molecule has 0 N–H and O–H groups in total. The van der Waals surface area contributed by atoms with Gasteiger partial charge in [-0.1, -0.05) is 31.4 Å². The summed E-state index contributed by atoms with van der Waals surface area (Å²) in [5.74, 6) is -0.572. The molecule has 2 aromatic carbocycles. The molecule has 3 rings (SSSR count). The maximum Gasteiger partial charge on any atom is 0.338 e. The Hall–Kier alpha value is -4.19. The van der Waals surface area contributed by atoms with Crippen LogP contribution in [0.2, 0.25) is 0 Å². The highest BCUT2D eigenvalue weighted by Crippen LogP contribution is 2.28. The molecular formula is C26H21FO5. The van der Waals surface area contributed by atoms with Gasteiger partial charge >= 0.3 is 11.9 Å². The Kier molecular flexibility index (Phi) is 6.85. The molecule has 32 heavy (non-hydrogen) atoms. The Labute approximate surface area is 185 Å². The smallest absolute Gasteiger partial charge is 0.338 e. The molecular weight excluding hydrogens is 411 g/mol. The van der Waals surface area contributed by atoms with Gasteiger partial charge in [-0.2, -0.15) is 0 Å². The van der Waals surface area contributed by atoms with E-state index in [1.165, 1.54) is 19.1 Å². The summed E-state index contributed by atoms with van der Waals surface area (Å²) in [4.78, 5) is 23.1. The van der Waals surface area contributed by atoms with Gasteiger partial charge in [0.1, 0.15) is 17.3 Å². The van der Waals surface area contributed by atoms with Crippen LogP contribution in [0.5, 0.6) is 11.5 Å². The fraction of sp³-hybridized carbons (Fsp3) is 0.0769. The fourth-order valence-electron chi connectivity index (χ4n) is 2.54. The number of carbonyl (C=O) groups excluding carboxylic acids is 2. The molecule has 1 aromatic heterocycles. The molecule has 0 unspecified atom stereocenters. The molecule has 162 valence electrons. The zero-order valence-corrected chi connectivity index (χ0v) is 17.7. The first-order chi connectivity index (χ1) is 15.2. The lowest BCUT2D eigenvalue weighted by atomic mass is 10.1. The van der Waals surface area contributed by atoms with Crippen LogP contribution in [0.25, 0.3) is 23.5 Å². The Morgan fingerprint density at radius 2 is 1.53 bits per heavy atom. The summed E-state index contributed by atoms with van der Waals surface area (Å²) in [5.41, 5.74) is 1.87. The minimum absolute atomic E-state index is 0.175. The van der Waals surface area contributed by atoms with Crippen molar-refractivity contribution in [1.82, 2.24) is 0 Å². The van der Waals surface area contributed by atoms with Gasteiger partial charge in [-0.3, -0.25) is 0 Å². The predicted molar refractivity (Wildman–Crippen MR) is 120 cm³/mol. The lowest BCUT2D eigenvalue weighted by Crippen LogP contribution is -2.09. The van der Waals surface area contributed by atoms with Crippen LogP contribution < -0.4 is 9.47 Å². The van der Waals surface area contributed by atoms with Crippen molar-refractivity contribution < 1.29 is 27.9 Å². The molecule has 0 spiro atoms. The van der Waals surface area contributed by atoms with E-state index in [1.807, 2.05) is 6.08 Å². The van der Waals surface area contributed by atoms with E-state index in [1.54, 1.807) is 55.5 Å². The minimum Gasteiger partial charge on any atom is -0.457 e. The third-order valence-corrected chi connectivity index (χ3v) is 4.27. The fourth-order valence-corrected chi connectivity index (χ4v) is 2.54. The first-order valence-electron chi connectivity index (χ1n) is 9.66. The monoisotopic (exact) mass is 432 g/mol. The van der Waals surface area contributed by atoms with Crippen LogP contribution >= 0.6 is 0 Å². The van der Waals surface area contributed by atoms with E-state index in [4.69, 9.17) is 13.9 Å². The van der Waals surface area contributed by atoms with Crippen molar-refractivity contribution in [2.75, 3.05) is 0 Å². The second-order valence-corrected chi connectivity index (χ2v) is 7.09. The Bertz CT molecular complexity index is 1220. The summed E-state index contributed by atoms with van der Waals surface area (Å²) in [5, 5.41) is 0. The standard InChI is InChI=1S/C26H21FO5/c1-16(2)25(28)31-21-10-6-18(7-11-21)5-9-20-12-14-23(30-20)19-8-13-24(22(27)15-19)32-26(29)17(3)4/h5-15H,1,3H2,2,4H3. The normalized spacial score (nSPS) is 10.7. The van der Waals surface area contributed by atoms with Crippen molar-refractivity contribution in [3.63, 3.8) is 0 Å². The number of hydrogen-bond donors (Lipinski definition) is 0. The predicted octanol–water partition coefficient (Wildman–Crippen LogP) is 6.22. The van der Waals surface area contributed by atoms with Crippen LogP contribution in [0.3, 0.4) is 0 Å². The van der Waals surface area contributed by atoms with Crippen molar-refractivity contribution >= 4 is 24.1 Å². The molecule has 0 radical (unpaired) electrons. The number of rotatable bonds is 7. The molecule has 0 aliphatic heterocycles. The molecule has 0 fully saturated rings. The van der Waals surface area contributed by atoms with Gasteiger partial charge in [-0.05, 0) is 68.0 Å². The second kappa shape index (κ2) is 9.75. The van der Waals surface area contributed by atoms with Crippen molar-refractivity contribution in [1.29, 1.82) is 0 Å². The number of furan rings is 1. The van der Waals surface area contributed by atoms with Crippen molar-refractivity contribution in [3.8, 4) is 22.8 Å². The minimum atomic E-state index is -0.691. The molecule has 0 saturated heterocycles. The third-order valence-electron chi connectivity index (χ3n) is 4.27. The number of carbonyl (C=O) groups is 2. The van der Waals surface area contributed by atoms with E-state index in [2.05, 4.69) is 13.2 Å². The van der Waals surface area contributed by atoms with Gasteiger partial charge in [0.15, 0.2) is 11.6 Å². The zero-order valence-electron chi connectivity index (χ0n) is 17.7. The highest BCUT2D eigenvalue weighted by Gasteiger charge is 2.13. The van der Waals surface area contributed by atoms with Crippen LogP contribution in [0, 0.1) is 5.82 Å². The molecule has 1 heterocycles. The van der Waals surface area contributed by atoms with Crippen molar-refractivity contribution in [2.24, 2.45) is 0 Å². The van der Waals surface area contributed by atoms with E-state index < -0.39 is 17.8 Å². The number of benzene rings is 2. The molecule has 5 nitrogen and oxygen atoms in total. The molecule has 0 saturated carbocycles. The number of halogens is 1. The number of esters is 2. The lowest BCUT2D eigenvalue weighted by Gasteiger charge is -2.06. The van der Waals surface area contributed by atoms with E-state index in [0.29, 0.717) is 28.4 Å². The zero-order chi connectivity index (χ0) is 23.3. The molecule has 0 aliphatic carbocycles. The highest BCUT2D eigenvalue weighted by molar-refractivity contribution is 5.89. The topological polar surface area (TPSA) is 65.7 Å². The van der Waals surface area contributed by atoms with E-state index in [9.17, 15) is 14.0 Å². The summed E-state index contributed by atoms with van der Waals surface area (Å²) in [6, 6.07) is 14.6. The van der Waals surface area contributed by atoms with Crippen LogP contribution in [0.4, 0.5) is 4.39 Å². The number of ether oxygens (including phenoxy) is 2. The van der Waals surface area contributed by atoms with Crippen LogP contribution in [0.15, 0.2) is 83.3 Å². The Morgan fingerprint density at radius 1 is 0.875 bits per heavy atom. The van der Waals surface area contributed by atoms with Crippen LogP contribution in [0.1, 0.15) is 25.2 Å². The van der Waals surface area contributed by atoms with Gasteiger partial charge in [-0.15, -0.1) is 0 Å². The van der Waals surface area contributed by atoms with Gasteiger partial charge in [-0.25, -0.2) is 14.0 Å². The average Bonchev–Trinajstić information content (AvgIpc) is 3.23. The summed E-state index contributed by atoms with van der Waals surface area (Å²) < 4.78 is 30.1.